The lowest BCUT2D eigenvalue weighted by Crippen LogP contribution is -2.20. The summed E-state index contributed by atoms with van der Waals surface area (Å²) in [6, 6.07) is 10.8. The van der Waals surface area contributed by atoms with Crippen LogP contribution in [0.1, 0.15) is 15.9 Å². The number of hydrogen-bond donors (Lipinski definition) is 4. The number of amides is 2. The summed E-state index contributed by atoms with van der Waals surface area (Å²) in [5.74, 6) is -1.75. The highest BCUT2D eigenvalue weighted by Crippen LogP contribution is 2.27. The summed E-state index contributed by atoms with van der Waals surface area (Å²) in [6.07, 6.45) is 0. The first kappa shape index (κ1) is 14.4. The number of benzene rings is 2. The third kappa shape index (κ3) is 3.30. The minimum atomic E-state index is -1.27. The molecule has 0 spiro atoms. The highest BCUT2D eigenvalue weighted by atomic mass is 16.4. The van der Waals surface area contributed by atoms with Crippen LogP contribution < -0.4 is 10.6 Å². The summed E-state index contributed by atoms with van der Waals surface area (Å²) in [5.41, 5.74) is 1.27. The predicted octanol–water partition coefficient (Wildman–Crippen LogP) is 3.04. The zero-order valence-electron chi connectivity index (χ0n) is 11.3. The Balaban J connectivity index is 2.15. The largest absolute Gasteiger partial charge is 0.505 e. The maximum Gasteiger partial charge on any atom is 0.339 e. The molecule has 0 radical (unpaired) electrons. The van der Waals surface area contributed by atoms with E-state index in [0.717, 1.165) is 5.56 Å². The second-order valence-corrected chi connectivity index (χ2v) is 4.40. The monoisotopic (exact) mass is 286 g/mol. The van der Waals surface area contributed by atoms with Crippen LogP contribution in [0.15, 0.2) is 42.5 Å². The quantitative estimate of drug-likeness (QED) is 0.652. The summed E-state index contributed by atoms with van der Waals surface area (Å²) in [5, 5.41) is 23.8. The molecule has 0 aromatic heterocycles. The van der Waals surface area contributed by atoms with Gasteiger partial charge in [0, 0.05) is 5.69 Å². The molecule has 0 atom stereocenters. The SMILES string of the molecule is Cc1ccccc1NC(=O)Nc1cccc(C(=O)O)c1O. The molecule has 2 aromatic carbocycles. The summed E-state index contributed by atoms with van der Waals surface area (Å²) < 4.78 is 0. The average Bonchev–Trinajstić information content (AvgIpc) is 2.43. The fraction of sp³-hybridized carbons (Fsp3) is 0.0667. The molecule has 6 heteroatoms. The summed E-state index contributed by atoms with van der Waals surface area (Å²) in [7, 11) is 0. The highest BCUT2D eigenvalue weighted by Gasteiger charge is 2.14. The summed E-state index contributed by atoms with van der Waals surface area (Å²) in [4.78, 5) is 22.8. The number of aromatic hydroxyl groups is 1. The molecule has 0 saturated heterocycles. The fourth-order valence-electron chi connectivity index (χ4n) is 1.81. The van der Waals surface area contributed by atoms with E-state index in [2.05, 4.69) is 10.6 Å². The van der Waals surface area contributed by atoms with Gasteiger partial charge in [0.05, 0.1) is 5.69 Å². The number of carbonyl (C=O) groups is 2. The molecule has 0 fully saturated rings. The molecule has 0 unspecified atom stereocenters. The van der Waals surface area contributed by atoms with Crippen molar-refractivity contribution in [2.24, 2.45) is 0 Å². The van der Waals surface area contributed by atoms with Crippen molar-refractivity contribution >= 4 is 23.4 Å². The lowest BCUT2D eigenvalue weighted by Gasteiger charge is -2.11. The van der Waals surface area contributed by atoms with Crippen molar-refractivity contribution in [3.8, 4) is 5.75 Å². The molecule has 4 N–H and O–H groups in total. The second kappa shape index (κ2) is 5.96. The number of urea groups is 1. The van der Waals surface area contributed by atoms with Crippen molar-refractivity contribution in [1.29, 1.82) is 0 Å². The molecule has 0 aliphatic carbocycles. The summed E-state index contributed by atoms with van der Waals surface area (Å²) >= 11 is 0. The van der Waals surface area contributed by atoms with Crippen LogP contribution in [0.5, 0.6) is 5.75 Å². The van der Waals surface area contributed by atoms with Crippen molar-refractivity contribution in [1.82, 2.24) is 0 Å². The Morgan fingerprint density at radius 2 is 1.57 bits per heavy atom. The van der Waals surface area contributed by atoms with Crippen LogP contribution in [0.2, 0.25) is 0 Å². The van der Waals surface area contributed by atoms with Gasteiger partial charge in [-0.05, 0) is 30.7 Å². The second-order valence-electron chi connectivity index (χ2n) is 4.40. The maximum absolute atomic E-state index is 11.9. The Labute approximate surface area is 121 Å². The molecule has 0 bridgehead atoms. The first-order valence-electron chi connectivity index (χ1n) is 6.18. The van der Waals surface area contributed by atoms with E-state index in [-0.39, 0.29) is 11.3 Å². The molecule has 6 nitrogen and oxygen atoms in total. The Morgan fingerprint density at radius 1 is 0.952 bits per heavy atom. The number of hydrogen-bond acceptors (Lipinski definition) is 3. The van der Waals surface area contributed by atoms with Gasteiger partial charge in [-0.2, -0.15) is 0 Å². The molecule has 21 heavy (non-hydrogen) atoms. The topological polar surface area (TPSA) is 98.7 Å². The minimum Gasteiger partial charge on any atom is -0.505 e. The molecule has 0 saturated carbocycles. The van der Waals surface area contributed by atoms with Gasteiger partial charge >= 0.3 is 12.0 Å². The fourth-order valence-corrected chi connectivity index (χ4v) is 1.81. The molecular weight excluding hydrogens is 272 g/mol. The number of para-hydroxylation sites is 2. The van der Waals surface area contributed by atoms with Crippen LogP contribution in [0.4, 0.5) is 16.2 Å². The molecule has 2 amide bonds. The average molecular weight is 286 g/mol. The summed E-state index contributed by atoms with van der Waals surface area (Å²) in [6.45, 7) is 1.85. The Bertz CT molecular complexity index is 698. The van der Waals surface area contributed by atoms with E-state index in [0.29, 0.717) is 5.69 Å². The molecule has 0 heterocycles. The lowest BCUT2D eigenvalue weighted by molar-refractivity contribution is 0.0694. The van der Waals surface area contributed by atoms with Crippen LogP contribution in [0.3, 0.4) is 0 Å². The number of carboxylic acids is 1. The number of aromatic carboxylic acids is 1. The van der Waals surface area contributed by atoms with Gasteiger partial charge in [0.15, 0.2) is 5.75 Å². The number of nitrogens with one attached hydrogen (secondary N) is 2. The Kier molecular flexibility index (Phi) is 4.08. The maximum atomic E-state index is 11.9. The number of carboxylic acid groups (broad SMARTS) is 1. The van der Waals surface area contributed by atoms with Gasteiger partial charge in [-0.15, -0.1) is 0 Å². The van der Waals surface area contributed by atoms with E-state index in [1.807, 2.05) is 19.1 Å². The Hall–Kier alpha value is -3.02. The van der Waals surface area contributed by atoms with Gasteiger partial charge in [-0.3, -0.25) is 0 Å². The number of rotatable bonds is 3. The number of carbonyl (C=O) groups excluding carboxylic acids is 1. The molecule has 108 valence electrons. The molecular formula is C15H14N2O4. The molecule has 0 aliphatic heterocycles. The number of phenols is 1. The van der Waals surface area contributed by atoms with Crippen molar-refractivity contribution in [2.45, 2.75) is 6.92 Å². The lowest BCUT2D eigenvalue weighted by atomic mass is 10.1. The van der Waals surface area contributed by atoms with E-state index in [1.165, 1.54) is 18.2 Å². The van der Waals surface area contributed by atoms with Crippen LogP contribution in [-0.2, 0) is 0 Å². The van der Waals surface area contributed by atoms with E-state index in [9.17, 15) is 14.7 Å². The van der Waals surface area contributed by atoms with Gasteiger partial charge in [-0.1, -0.05) is 24.3 Å². The van der Waals surface area contributed by atoms with Crippen LogP contribution >= 0.6 is 0 Å². The standard InChI is InChI=1S/C15H14N2O4/c1-9-5-2-3-7-11(9)16-15(21)17-12-8-4-6-10(13(12)18)14(19)20/h2-8,18H,1H3,(H,19,20)(H2,16,17,21). The molecule has 2 aromatic rings. The smallest absolute Gasteiger partial charge is 0.339 e. The zero-order chi connectivity index (χ0) is 15.4. The van der Waals surface area contributed by atoms with Gasteiger partial charge in [-0.25, -0.2) is 9.59 Å². The van der Waals surface area contributed by atoms with Crippen molar-refractivity contribution in [3.63, 3.8) is 0 Å². The van der Waals surface area contributed by atoms with Crippen molar-refractivity contribution < 1.29 is 19.8 Å². The first-order chi connectivity index (χ1) is 9.99. The van der Waals surface area contributed by atoms with Gasteiger partial charge < -0.3 is 20.8 Å². The van der Waals surface area contributed by atoms with E-state index in [4.69, 9.17) is 5.11 Å². The van der Waals surface area contributed by atoms with Gasteiger partial charge in [0.2, 0.25) is 0 Å². The van der Waals surface area contributed by atoms with E-state index in [1.54, 1.807) is 12.1 Å². The van der Waals surface area contributed by atoms with Crippen LogP contribution in [0, 0.1) is 6.92 Å². The predicted molar refractivity (Wildman–Crippen MR) is 78.9 cm³/mol. The Morgan fingerprint density at radius 3 is 2.24 bits per heavy atom. The number of anilines is 2. The first-order valence-corrected chi connectivity index (χ1v) is 6.18. The van der Waals surface area contributed by atoms with Crippen LogP contribution in [0.25, 0.3) is 0 Å². The van der Waals surface area contributed by atoms with Gasteiger partial charge in [0.1, 0.15) is 5.56 Å². The third-order valence-electron chi connectivity index (χ3n) is 2.91. The number of aryl methyl sites for hydroxylation is 1. The van der Waals surface area contributed by atoms with Crippen LogP contribution in [-0.4, -0.2) is 22.2 Å². The normalized spacial score (nSPS) is 9.95. The highest BCUT2D eigenvalue weighted by molar-refractivity contribution is 6.03. The minimum absolute atomic E-state index is 0.0287. The molecule has 0 aliphatic rings. The van der Waals surface area contributed by atoms with E-state index >= 15 is 0 Å². The third-order valence-corrected chi connectivity index (χ3v) is 2.91. The van der Waals surface area contributed by atoms with E-state index < -0.39 is 17.7 Å². The van der Waals surface area contributed by atoms with Gasteiger partial charge in [0.25, 0.3) is 0 Å². The van der Waals surface area contributed by atoms with Crippen molar-refractivity contribution in [2.75, 3.05) is 10.6 Å². The zero-order valence-corrected chi connectivity index (χ0v) is 11.3. The van der Waals surface area contributed by atoms with Crippen molar-refractivity contribution in [3.05, 3.63) is 53.6 Å². The molecule has 2 rings (SSSR count).